The van der Waals surface area contributed by atoms with Crippen LogP contribution in [0.5, 0.6) is 0 Å². The maximum absolute atomic E-state index is 4.07. The fraction of sp³-hybridized carbons (Fsp3) is 0.333. The maximum Gasteiger partial charge on any atom is 0.192 e. The van der Waals surface area contributed by atoms with Crippen molar-refractivity contribution in [1.82, 2.24) is 5.32 Å². The van der Waals surface area contributed by atoms with E-state index in [0.717, 1.165) is 25.7 Å². The summed E-state index contributed by atoms with van der Waals surface area (Å²) >= 11 is 0. The van der Waals surface area contributed by atoms with Gasteiger partial charge < -0.3 is 4.90 Å². The highest BCUT2D eigenvalue weighted by molar-refractivity contribution is 5.65. The summed E-state index contributed by atoms with van der Waals surface area (Å²) in [6.07, 6.45) is 42.4. The minimum atomic E-state index is 0.311. The first-order chi connectivity index (χ1) is 24.2. The van der Waals surface area contributed by atoms with Gasteiger partial charge in [-0.05, 0) is 73.8 Å². The quantitative estimate of drug-likeness (QED) is 0.348. The number of allylic oxidation sites excluding steroid dienone is 12. The van der Waals surface area contributed by atoms with Gasteiger partial charge in [-0.2, -0.15) is 5.01 Å². The number of para-hydroxylation sites is 2. The summed E-state index contributed by atoms with van der Waals surface area (Å²) < 4.78 is 0. The molecule has 3 heterocycles. The van der Waals surface area contributed by atoms with Crippen molar-refractivity contribution in [2.75, 3.05) is 9.91 Å². The first kappa shape index (κ1) is 29.5. The SMILES string of the molecule is Cc1ccccc1N1C2=CCC(C3=CC4c5ccccc5N([NH+]5C(C6=CC=CCC6)NC5C5C=CC=CC5)C4C=C3)CC2C2C=CC=CC21. The van der Waals surface area contributed by atoms with E-state index in [-0.39, 0.29) is 0 Å². The molecule has 2 saturated heterocycles. The molecule has 4 heteroatoms. The molecule has 10 rings (SSSR count). The minimum absolute atomic E-state index is 0.311. The Hall–Kier alpha value is -4.38. The third kappa shape index (κ3) is 4.71. The first-order valence-electron chi connectivity index (χ1n) is 18.7. The van der Waals surface area contributed by atoms with Crippen molar-refractivity contribution in [3.8, 4) is 0 Å². The van der Waals surface area contributed by atoms with Crippen molar-refractivity contribution < 1.29 is 5.01 Å². The number of hydrogen-bond donors (Lipinski definition) is 2. The molecule has 0 saturated carbocycles. The van der Waals surface area contributed by atoms with Crippen molar-refractivity contribution in [3.63, 3.8) is 0 Å². The third-order valence-corrected chi connectivity index (χ3v) is 12.7. The lowest BCUT2D eigenvalue weighted by Gasteiger charge is -2.54. The van der Waals surface area contributed by atoms with Gasteiger partial charge in [0.05, 0.1) is 11.7 Å². The highest BCUT2D eigenvalue weighted by Gasteiger charge is 2.56. The van der Waals surface area contributed by atoms with Gasteiger partial charge in [0.1, 0.15) is 6.04 Å². The summed E-state index contributed by atoms with van der Waals surface area (Å²) in [5.41, 5.74) is 10.2. The van der Waals surface area contributed by atoms with Crippen LogP contribution in [-0.2, 0) is 0 Å². The molecular weight excluding hydrogens is 597 g/mol. The lowest BCUT2D eigenvalue weighted by Crippen LogP contribution is -3.36. The molecule has 2 fully saturated rings. The highest BCUT2D eigenvalue weighted by atomic mass is 15.8. The van der Waals surface area contributed by atoms with Gasteiger partial charge in [0.2, 0.25) is 0 Å². The first-order valence-corrected chi connectivity index (χ1v) is 18.7. The van der Waals surface area contributed by atoms with Crippen LogP contribution in [0.25, 0.3) is 0 Å². The maximum atomic E-state index is 4.07. The molecule has 5 aliphatic carbocycles. The normalized spacial score (nSPS) is 36.4. The van der Waals surface area contributed by atoms with Crippen LogP contribution in [0.3, 0.4) is 0 Å². The topological polar surface area (TPSA) is 23.0 Å². The number of quaternary nitrogens is 1. The Balaban J connectivity index is 0.972. The minimum Gasteiger partial charge on any atom is -0.337 e. The average Bonchev–Trinajstić information content (AvgIpc) is 3.64. The van der Waals surface area contributed by atoms with Crippen molar-refractivity contribution in [2.45, 2.75) is 69.4 Å². The van der Waals surface area contributed by atoms with E-state index in [0.29, 0.717) is 54.0 Å². The van der Waals surface area contributed by atoms with E-state index in [1.807, 2.05) is 0 Å². The van der Waals surface area contributed by atoms with Gasteiger partial charge in [-0.3, -0.25) is 0 Å². The Bertz CT molecular complexity index is 1930. The molecule has 0 spiro atoms. The number of benzene rings is 2. The molecule has 0 aromatic heterocycles. The second-order valence-electron chi connectivity index (χ2n) is 15.3. The van der Waals surface area contributed by atoms with Crippen LogP contribution in [0, 0.1) is 30.6 Å². The van der Waals surface area contributed by atoms with E-state index < -0.39 is 0 Å². The summed E-state index contributed by atoms with van der Waals surface area (Å²) in [6.45, 7) is 2.26. The Labute approximate surface area is 291 Å². The Morgan fingerprint density at radius 2 is 1.67 bits per heavy atom. The third-order valence-electron chi connectivity index (χ3n) is 12.7. The number of nitrogens with zero attached hydrogens (tertiary/aromatic N) is 2. The summed E-state index contributed by atoms with van der Waals surface area (Å²) in [6, 6.07) is 19.0. The molecule has 2 aromatic carbocycles. The van der Waals surface area contributed by atoms with E-state index >= 15 is 0 Å². The van der Waals surface area contributed by atoms with Gasteiger partial charge in [0.25, 0.3) is 0 Å². The van der Waals surface area contributed by atoms with Gasteiger partial charge in [-0.25, -0.2) is 10.3 Å². The molecule has 0 radical (unpaired) electrons. The lowest BCUT2D eigenvalue weighted by molar-refractivity contribution is -1.01. The van der Waals surface area contributed by atoms with Crippen LogP contribution < -0.4 is 20.2 Å². The van der Waals surface area contributed by atoms with Gasteiger partial charge in [-0.15, -0.1) is 0 Å². The Kier molecular flexibility index (Phi) is 7.17. The second-order valence-corrected chi connectivity index (χ2v) is 15.3. The van der Waals surface area contributed by atoms with Crippen LogP contribution in [0.15, 0.2) is 157 Å². The van der Waals surface area contributed by atoms with Gasteiger partial charge in [-0.1, -0.05) is 128 Å². The highest BCUT2D eigenvalue weighted by Crippen LogP contribution is 2.52. The van der Waals surface area contributed by atoms with Gasteiger partial charge >= 0.3 is 0 Å². The standard InChI is InChI=1S/C45H46N4/c1-30-14-8-11-21-39(30)47-40-22-12-9-19-35(40)37-28-33(24-26-41(37)47)34-25-27-43-38(29-34)36-20-10-13-23-42(36)48(43)49-44(31-15-4-2-5-16-31)46-45(49)32-17-6-3-7-18-32/h2-6,8-15,17,19-23,25-27,29,31,33,35,37-38,40,43-46H,7,16,18,24,28H2,1H3/p+1. The van der Waals surface area contributed by atoms with Crippen LogP contribution in [-0.4, -0.2) is 24.4 Å². The molecule has 4 nitrogen and oxygen atoms in total. The molecular formula is C45H47N4+. The molecule has 246 valence electrons. The van der Waals surface area contributed by atoms with Gasteiger partial charge in [0, 0.05) is 40.6 Å². The second kappa shape index (κ2) is 11.9. The van der Waals surface area contributed by atoms with E-state index in [2.05, 4.69) is 162 Å². The predicted molar refractivity (Wildman–Crippen MR) is 201 cm³/mol. The molecule has 0 bridgehead atoms. The monoisotopic (exact) mass is 643 g/mol. The number of hydrogen-bond acceptors (Lipinski definition) is 3. The molecule has 10 unspecified atom stereocenters. The van der Waals surface area contributed by atoms with Crippen LogP contribution >= 0.6 is 0 Å². The van der Waals surface area contributed by atoms with Crippen molar-refractivity contribution in [1.29, 1.82) is 0 Å². The zero-order valence-electron chi connectivity index (χ0n) is 28.4. The zero-order chi connectivity index (χ0) is 32.5. The summed E-state index contributed by atoms with van der Waals surface area (Å²) in [7, 11) is 0. The number of anilines is 2. The van der Waals surface area contributed by atoms with E-state index in [1.54, 1.807) is 10.6 Å². The molecule has 10 atom stereocenters. The summed E-state index contributed by atoms with van der Waals surface area (Å²) in [5, 5.41) is 8.41. The summed E-state index contributed by atoms with van der Waals surface area (Å²) in [4.78, 5) is 2.67. The fourth-order valence-electron chi connectivity index (χ4n) is 10.4. The molecule has 0 amide bonds. The van der Waals surface area contributed by atoms with Crippen molar-refractivity contribution >= 4 is 11.4 Å². The smallest absolute Gasteiger partial charge is 0.192 e. The lowest BCUT2D eigenvalue weighted by atomic mass is 9.73. The fourth-order valence-corrected chi connectivity index (χ4v) is 10.4. The Morgan fingerprint density at radius 3 is 2.53 bits per heavy atom. The van der Waals surface area contributed by atoms with Gasteiger partial charge in [0.15, 0.2) is 12.3 Å². The largest absolute Gasteiger partial charge is 0.337 e. The number of rotatable bonds is 5. The van der Waals surface area contributed by atoms with Crippen LogP contribution in [0.4, 0.5) is 11.4 Å². The van der Waals surface area contributed by atoms with Crippen LogP contribution in [0.2, 0.25) is 0 Å². The zero-order valence-corrected chi connectivity index (χ0v) is 28.4. The number of aryl methyl sites for hydroxylation is 1. The molecule has 8 aliphatic rings. The molecule has 2 aromatic rings. The van der Waals surface area contributed by atoms with Crippen molar-refractivity contribution in [3.05, 3.63) is 168 Å². The average molecular weight is 644 g/mol. The number of fused-ring (bicyclic) bond motifs is 6. The summed E-state index contributed by atoms with van der Waals surface area (Å²) in [5.74, 6) is 2.46. The predicted octanol–water partition coefficient (Wildman–Crippen LogP) is 7.77. The van der Waals surface area contributed by atoms with Crippen molar-refractivity contribution in [2.24, 2.45) is 23.7 Å². The molecule has 2 N–H and O–H groups in total. The number of nitrogens with one attached hydrogen (secondary N) is 2. The molecule has 3 aliphatic heterocycles. The van der Waals surface area contributed by atoms with Crippen LogP contribution in [0.1, 0.15) is 49.1 Å². The van der Waals surface area contributed by atoms with E-state index in [1.165, 1.54) is 40.2 Å². The van der Waals surface area contributed by atoms with E-state index in [9.17, 15) is 0 Å². The van der Waals surface area contributed by atoms with E-state index in [4.69, 9.17) is 0 Å². The molecule has 49 heavy (non-hydrogen) atoms. The Morgan fingerprint density at radius 1 is 0.816 bits per heavy atom.